The Balaban J connectivity index is 1.08. The van der Waals surface area contributed by atoms with Gasteiger partial charge in [-0.15, -0.1) is 0 Å². The SMILES string of the molecule is c1ccc(-c2cccc(-c3cccc(-c4ccccc4)c3-n3c4ccc(-n5c6ccccc6c6c([Si](c7ccccc7)(c7ccccc7)c7ccccc7)cccc65)cc4c4c(-c5ccccc5)cccc43)c2)cc1. The summed E-state index contributed by atoms with van der Waals surface area (Å²) in [7, 11) is -2.93. The van der Waals surface area contributed by atoms with Crippen LogP contribution < -0.4 is 20.7 Å². The van der Waals surface area contributed by atoms with Crippen LogP contribution in [0.1, 0.15) is 0 Å². The van der Waals surface area contributed by atoms with Crippen LogP contribution in [0.5, 0.6) is 0 Å². The van der Waals surface area contributed by atoms with Gasteiger partial charge in [-0.05, 0) is 96.6 Å². The maximum atomic E-state index is 2.55. The molecule has 0 atom stereocenters. The van der Waals surface area contributed by atoms with Gasteiger partial charge in [0.2, 0.25) is 0 Å². The fraction of sp³-hybridized carbons (Fsp3) is 0. The van der Waals surface area contributed by atoms with Crippen molar-refractivity contribution in [2.24, 2.45) is 0 Å². The predicted molar refractivity (Wildman–Crippen MR) is 320 cm³/mol. The standard InChI is InChI=1S/C72H50N2Si/c1-7-25-51(26-8-1)54-31-21-32-55(49-54)62-42-22-41-61(53-29-11-3-12-30-53)72(62)74-66-48-47-56(50-64(66)70-60(40-23-44-67(70)74)52-27-9-2-10-28-52)73-65-43-20-19-39-63(65)71-68(73)45-24-46-69(71)75(57-33-13-4-14-34-57,58-35-15-5-16-36-58)59-37-17-6-18-38-59/h1-50H. The normalized spacial score (nSPS) is 11.7. The first kappa shape index (κ1) is 44.2. The lowest BCUT2D eigenvalue weighted by Crippen LogP contribution is -2.74. The maximum Gasteiger partial charge on any atom is 0.180 e. The molecular formula is C72H50N2Si. The van der Waals surface area contributed by atoms with E-state index in [4.69, 9.17) is 0 Å². The van der Waals surface area contributed by atoms with Crippen LogP contribution in [0, 0.1) is 0 Å². The van der Waals surface area contributed by atoms with E-state index >= 15 is 0 Å². The van der Waals surface area contributed by atoms with Crippen LogP contribution in [-0.2, 0) is 0 Å². The van der Waals surface area contributed by atoms with Crippen molar-refractivity contribution in [3.8, 4) is 55.9 Å². The first-order valence-corrected chi connectivity index (χ1v) is 27.9. The molecule has 352 valence electrons. The van der Waals surface area contributed by atoms with E-state index in [1.165, 1.54) is 92.3 Å². The highest BCUT2D eigenvalue weighted by Crippen LogP contribution is 2.45. The van der Waals surface area contributed by atoms with E-state index in [2.05, 4.69) is 312 Å². The van der Waals surface area contributed by atoms with Gasteiger partial charge < -0.3 is 9.13 Å². The molecule has 0 aliphatic heterocycles. The molecule has 0 N–H and O–H groups in total. The summed E-state index contributed by atoms with van der Waals surface area (Å²) >= 11 is 0. The molecule has 0 amide bonds. The van der Waals surface area contributed by atoms with Gasteiger partial charge in [0.25, 0.3) is 0 Å². The number of hydrogen-bond donors (Lipinski definition) is 0. The van der Waals surface area contributed by atoms with Gasteiger partial charge in [-0.25, -0.2) is 0 Å². The summed E-state index contributed by atoms with van der Waals surface area (Å²) in [6, 6.07) is 112. The van der Waals surface area contributed by atoms with Crippen molar-refractivity contribution in [3.05, 3.63) is 303 Å². The molecule has 2 nitrogen and oxygen atoms in total. The van der Waals surface area contributed by atoms with Gasteiger partial charge in [-0.2, -0.15) is 0 Å². The molecule has 0 saturated heterocycles. The average molecular weight is 971 g/mol. The van der Waals surface area contributed by atoms with E-state index in [1.807, 2.05) is 0 Å². The highest BCUT2D eigenvalue weighted by Gasteiger charge is 2.43. The highest BCUT2D eigenvalue weighted by atomic mass is 28.3. The van der Waals surface area contributed by atoms with Gasteiger partial charge in [-0.3, -0.25) is 0 Å². The lowest BCUT2D eigenvalue weighted by atomic mass is 9.93. The van der Waals surface area contributed by atoms with E-state index in [9.17, 15) is 0 Å². The summed E-state index contributed by atoms with van der Waals surface area (Å²) < 4.78 is 5.08. The molecule has 0 bridgehead atoms. The zero-order valence-electron chi connectivity index (χ0n) is 41.3. The van der Waals surface area contributed by atoms with Crippen LogP contribution >= 0.6 is 0 Å². The number of aromatic nitrogens is 2. The second kappa shape index (κ2) is 18.5. The minimum absolute atomic E-state index is 1.12. The number of para-hydroxylation sites is 2. The Kier molecular flexibility index (Phi) is 10.9. The minimum atomic E-state index is -2.93. The molecule has 2 heterocycles. The summed E-state index contributed by atoms with van der Waals surface area (Å²) in [5, 5.41) is 10.4. The van der Waals surface area contributed by atoms with Gasteiger partial charge in [0, 0.05) is 38.4 Å². The van der Waals surface area contributed by atoms with Crippen LogP contribution in [-0.4, -0.2) is 17.2 Å². The quantitative estimate of drug-likeness (QED) is 0.0955. The Morgan fingerprint density at radius 1 is 0.240 bits per heavy atom. The average Bonchev–Trinajstić information content (AvgIpc) is 4.05. The number of hydrogen-bond acceptors (Lipinski definition) is 0. The van der Waals surface area contributed by atoms with Gasteiger partial charge in [0.15, 0.2) is 8.07 Å². The van der Waals surface area contributed by atoms with Crippen molar-refractivity contribution in [1.29, 1.82) is 0 Å². The molecule has 14 rings (SSSR count). The Morgan fingerprint density at radius 2 is 0.667 bits per heavy atom. The summed E-state index contributed by atoms with van der Waals surface area (Å²) in [5.41, 5.74) is 16.4. The van der Waals surface area contributed by atoms with Gasteiger partial charge in [0.1, 0.15) is 0 Å². The van der Waals surface area contributed by atoms with E-state index in [0.717, 1.165) is 28.0 Å². The van der Waals surface area contributed by atoms with Crippen molar-refractivity contribution in [1.82, 2.24) is 9.13 Å². The first-order chi connectivity index (χ1) is 37.3. The first-order valence-electron chi connectivity index (χ1n) is 25.9. The van der Waals surface area contributed by atoms with E-state index < -0.39 is 8.07 Å². The zero-order valence-corrected chi connectivity index (χ0v) is 42.3. The number of benzene rings is 12. The molecule has 0 saturated carbocycles. The lowest BCUT2D eigenvalue weighted by Gasteiger charge is -2.35. The molecule has 0 radical (unpaired) electrons. The molecule has 0 fully saturated rings. The smallest absolute Gasteiger partial charge is 0.180 e. The maximum absolute atomic E-state index is 2.93. The van der Waals surface area contributed by atoms with Crippen LogP contribution in [0.15, 0.2) is 303 Å². The number of rotatable bonds is 10. The Bertz CT molecular complexity index is 4280. The Morgan fingerprint density at radius 3 is 1.29 bits per heavy atom. The van der Waals surface area contributed by atoms with E-state index in [1.54, 1.807) is 0 Å². The monoisotopic (exact) mass is 970 g/mol. The number of fused-ring (bicyclic) bond motifs is 6. The van der Waals surface area contributed by atoms with Crippen LogP contribution in [0.2, 0.25) is 0 Å². The fourth-order valence-electron chi connectivity index (χ4n) is 12.3. The molecule has 75 heavy (non-hydrogen) atoms. The molecule has 3 heteroatoms. The van der Waals surface area contributed by atoms with Crippen LogP contribution in [0.3, 0.4) is 0 Å². The third-order valence-electron chi connectivity index (χ3n) is 15.5. The second-order valence-electron chi connectivity index (χ2n) is 19.5. The highest BCUT2D eigenvalue weighted by molar-refractivity contribution is 7.20. The molecule has 2 aromatic heterocycles. The largest absolute Gasteiger partial charge is 0.309 e. The third kappa shape index (κ3) is 7.23. The molecule has 0 aliphatic rings. The molecule has 14 aromatic rings. The summed E-state index contributed by atoms with van der Waals surface area (Å²) in [4.78, 5) is 0. The Labute approximate surface area is 438 Å². The molecule has 0 aliphatic carbocycles. The van der Waals surface area contributed by atoms with Gasteiger partial charge in [-0.1, -0.05) is 261 Å². The molecular weight excluding hydrogens is 921 g/mol. The van der Waals surface area contributed by atoms with Crippen molar-refractivity contribution in [2.45, 2.75) is 0 Å². The van der Waals surface area contributed by atoms with Crippen LogP contribution in [0.4, 0.5) is 0 Å². The molecule has 0 spiro atoms. The second-order valence-corrected chi connectivity index (χ2v) is 23.3. The van der Waals surface area contributed by atoms with Crippen molar-refractivity contribution in [2.75, 3.05) is 0 Å². The topological polar surface area (TPSA) is 9.86 Å². The third-order valence-corrected chi connectivity index (χ3v) is 20.3. The van der Waals surface area contributed by atoms with Crippen molar-refractivity contribution < 1.29 is 0 Å². The van der Waals surface area contributed by atoms with Gasteiger partial charge in [0.05, 0.1) is 27.8 Å². The predicted octanol–water partition coefficient (Wildman–Crippen LogP) is 15.9. The number of nitrogens with zero attached hydrogens (tertiary/aromatic N) is 2. The zero-order chi connectivity index (χ0) is 49.7. The van der Waals surface area contributed by atoms with Crippen molar-refractivity contribution in [3.63, 3.8) is 0 Å². The molecule has 12 aromatic carbocycles. The summed E-state index contributed by atoms with van der Waals surface area (Å²) in [6.45, 7) is 0. The van der Waals surface area contributed by atoms with Crippen LogP contribution in [0.25, 0.3) is 99.5 Å². The fourth-order valence-corrected chi connectivity index (χ4v) is 17.3. The lowest BCUT2D eigenvalue weighted by molar-refractivity contribution is 1.17. The Hall–Kier alpha value is -9.54. The summed E-state index contributed by atoms with van der Waals surface area (Å²) in [6.07, 6.45) is 0. The van der Waals surface area contributed by atoms with Gasteiger partial charge >= 0.3 is 0 Å². The van der Waals surface area contributed by atoms with E-state index in [-0.39, 0.29) is 0 Å². The van der Waals surface area contributed by atoms with Crippen molar-refractivity contribution >= 4 is 72.4 Å². The molecule has 0 unspecified atom stereocenters. The minimum Gasteiger partial charge on any atom is -0.309 e. The summed E-state index contributed by atoms with van der Waals surface area (Å²) in [5.74, 6) is 0. The van der Waals surface area contributed by atoms with E-state index in [0.29, 0.717) is 0 Å².